The Kier molecular flexibility index (Phi) is 5.16. The normalized spacial score (nSPS) is 28.8. The van der Waals surface area contributed by atoms with Crippen LogP contribution in [0.1, 0.15) is 40.5 Å². The van der Waals surface area contributed by atoms with Crippen molar-refractivity contribution in [3.8, 4) is 0 Å². The monoisotopic (exact) mass is 325 g/mol. The van der Waals surface area contributed by atoms with Crippen LogP contribution < -0.4 is 5.32 Å². The number of methoxy groups -OCH3 is 1. The molecule has 2 atom stereocenters. The minimum absolute atomic E-state index is 0.0348. The summed E-state index contributed by atoms with van der Waals surface area (Å²) >= 11 is 0. The summed E-state index contributed by atoms with van der Waals surface area (Å²) in [5, 5.41) is 2.53. The molecule has 23 heavy (non-hydrogen) atoms. The summed E-state index contributed by atoms with van der Waals surface area (Å²) in [6.07, 6.45) is 3.42. The lowest BCUT2D eigenvalue weighted by Gasteiger charge is -2.57. The third kappa shape index (κ3) is 3.58. The van der Waals surface area contributed by atoms with Gasteiger partial charge in [-0.05, 0) is 31.1 Å². The van der Waals surface area contributed by atoms with Crippen LogP contribution in [0.4, 0.5) is 0 Å². The van der Waals surface area contributed by atoms with E-state index in [2.05, 4.69) is 19.2 Å². The number of amides is 1. The maximum atomic E-state index is 11.7. The highest BCUT2D eigenvalue weighted by Crippen LogP contribution is 2.58. The van der Waals surface area contributed by atoms with Gasteiger partial charge in [-0.25, -0.2) is 4.79 Å². The Labute approximate surface area is 137 Å². The first-order chi connectivity index (χ1) is 10.7. The van der Waals surface area contributed by atoms with E-state index in [9.17, 15) is 9.59 Å². The molecular weight excluding hydrogens is 298 g/mol. The van der Waals surface area contributed by atoms with Crippen LogP contribution in [0.2, 0.25) is 0 Å². The van der Waals surface area contributed by atoms with Gasteiger partial charge >= 0.3 is 5.97 Å². The fourth-order valence-corrected chi connectivity index (χ4v) is 3.78. The van der Waals surface area contributed by atoms with Gasteiger partial charge in [0.2, 0.25) is 5.91 Å². The summed E-state index contributed by atoms with van der Waals surface area (Å²) < 4.78 is 16.3. The fraction of sp³-hybridized carbons (Fsp3) is 0.765. The highest BCUT2D eigenvalue weighted by molar-refractivity contribution is 5.93. The van der Waals surface area contributed by atoms with Crippen molar-refractivity contribution in [3.05, 3.63) is 11.8 Å². The molecule has 6 nitrogen and oxygen atoms in total. The van der Waals surface area contributed by atoms with Crippen molar-refractivity contribution in [1.29, 1.82) is 0 Å². The second-order valence-corrected chi connectivity index (χ2v) is 7.05. The molecule has 1 aliphatic heterocycles. The predicted molar refractivity (Wildman–Crippen MR) is 84.2 cm³/mol. The number of hydrogen-bond donors (Lipinski definition) is 1. The number of hydrogen-bond acceptors (Lipinski definition) is 5. The van der Waals surface area contributed by atoms with Crippen LogP contribution >= 0.6 is 0 Å². The molecule has 0 radical (unpaired) electrons. The van der Waals surface area contributed by atoms with E-state index in [4.69, 9.17) is 14.2 Å². The number of esters is 1. The molecule has 0 spiro atoms. The molecule has 1 saturated carbocycles. The number of carbonyl (C=O) groups is 2. The maximum Gasteiger partial charge on any atom is 0.354 e. The van der Waals surface area contributed by atoms with Gasteiger partial charge in [0, 0.05) is 12.8 Å². The van der Waals surface area contributed by atoms with E-state index in [0.717, 1.165) is 6.42 Å². The van der Waals surface area contributed by atoms with Crippen molar-refractivity contribution in [1.82, 2.24) is 5.32 Å². The molecule has 0 aromatic heterocycles. The third-order valence-corrected chi connectivity index (χ3v) is 5.29. The Morgan fingerprint density at radius 1 is 1.26 bits per heavy atom. The summed E-state index contributed by atoms with van der Waals surface area (Å²) in [7, 11) is 1.30. The number of ether oxygens (including phenoxy) is 3. The molecule has 130 valence electrons. The van der Waals surface area contributed by atoms with Crippen LogP contribution in [0.15, 0.2) is 11.8 Å². The lowest BCUT2D eigenvalue weighted by atomic mass is 9.51. The first-order valence-corrected chi connectivity index (χ1v) is 8.04. The molecule has 2 rings (SSSR count). The highest BCUT2D eigenvalue weighted by Gasteiger charge is 2.57. The molecule has 0 aromatic rings. The van der Waals surface area contributed by atoms with Crippen LogP contribution in [0.5, 0.6) is 0 Å². The topological polar surface area (TPSA) is 73.9 Å². The van der Waals surface area contributed by atoms with E-state index in [1.807, 2.05) is 6.92 Å². The summed E-state index contributed by atoms with van der Waals surface area (Å²) in [5.41, 5.74) is 0.242. The third-order valence-electron chi connectivity index (χ3n) is 5.29. The van der Waals surface area contributed by atoms with Gasteiger partial charge in [-0.15, -0.1) is 0 Å². The first-order valence-electron chi connectivity index (χ1n) is 8.04. The Balaban J connectivity index is 2.02. The van der Waals surface area contributed by atoms with E-state index in [0.29, 0.717) is 31.5 Å². The summed E-state index contributed by atoms with van der Waals surface area (Å²) in [5.74, 6) is -0.605. The molecule has 1 N–H and O–H groups in total. The Morgan fingerprint density at radius 2 is 1.87 bits per heavy atom. The van der Waals surface area contributed by atoms with Gasteiger partial charge in [-0.1, -0.05) is 19.9 Å². The Bertz CT molecular complexity index is 505. The van der Waals surface area contributed by atoms with Gasteiger partial charge < -0.3 is 19.5 Å². The summed E-state index contributed by atoms with van der Waals surface area (Å²) in [4.78, 5) is 22.9. The minimum atomic E-state index is -0.525. The van der Waals surface area contributed by atoms with Crippen molar-refractivity contribution in [2.75, 3.05) is 20.3 Å². The zero-order valence-corrected chi connectivity index (χ0v) is 14.6. The number of rotatable bonds is 5. The lowest BCUT2D eigenvalue weighted by molar-refractivity contribution is -0.252. The molecular formula is C17H27NO5. The van der Waals surface area contributed by atoms with Gasteiger partial charge in [0.05, 0.1) is 20.3 Å². The quantitative estimate of drug-likeness (QED) is 0.618. The number of carbonyl (C=O) groups excluding carboxylic acids is 2. The van der Waals surface area contributed by atoms with E-state index < -0.39 is 11.8 Å². The largest absolute Gasteiger partial charge is 0.464 e. The molecule has 1 amide bonds. The lowest BCUT2D eigenvalue weighted by Crippen LogP contribution is -2.56. The fourth-order valence-electron chi connectivity index (χ4n) is 3.78. The van der Waals surface area contributed by atoms with Gasteiger partial charge in [-0.3, -0.25) is 4.79 Å². The molecule has 2 fully saturated rings. The van der Waals surface area contributed by atoms with Gasteiger partial charge in [0.25, 0.3) is 0 Å². The zero-order chi connectivity index (χ0) is 17.3. The molecule has 0 aromatic carbocycles. The van der Waals surface area contributed by atoms with Crippen LogP contribution in [0.3, 0.4) is 0 Å². The van der Waals surface area contributed by atoms with E-state index in [-0.39, 0.29) is 17.0 Å². The molecule has 1 aliphatic carbocycles. The molecule has 0 bridgehead atoms. The second-order valence-electron chi connectivity index (χ2n) is 7.05. The minimum Gasteiger partial charge on any atom is -0.464 e. The van der Waals surface area contributed by atoms with Crippen LogP contribution in [0, 0.1) is 17.3 Å². The Hall–Kier alpha value is -1.40. The van der Waals surface area contributed by atoms with Crippen molar-refractivity contribution in [3.63, 3.8) is 0 Å². The van der Waals surface area contributed by atoms with Crippen LogP contribution in [-0.4, -0.2) is 38.0 Å². The van der Waals surface area contributed by atoms with Crippen molar-refractivity contribution < 1.29 is 23.8 Å². The molecule has 1 heterocycles. The van der Waals surface area contributed by atoms with Gasteiger partial charge in [-0.2, -0.15) is 0 Å². The second kappa shape index (κ2) is 6.61. The van der Waals surface area contributed by atoms with E-state index in [1.165, 1.54) is 14.0 Å². The predicted octanol–water partition coefficient (Wildman–Crippen LogP) is 1.99. The van der Waals surface area contributed by atoms with Crippen molar-refractivity contribution >= 4 is 11.9 Å². The standard InChI is InChI=1S/C17H27NO5/c1-11(19)18-13(15(20)21-5)7-6-12-10-14(16(12,2)3)17(4)22-8-9-23-17/h7,12,14H,6,8-10H2,1-5H3,(H,18,19)/b13-7-/t12-,14-/m1/s1. The van der Waals surface area contributed by atoms with Gasteiger partial charge in [0.1, 0.15) is 5.70 Å². The molecule has 0 unspecified atom stereocenters. The maximum absolute atomic E-state index is 11.7. The molecule has 1 saturated heterocycles. The van der Waals surface area contributed by atoms with E-state index >= 15 is 0 Å². The average molecular weight is 325 g/mol. The Morgan fingerprint density at radius 3 is 2.35 bits per heavy atom. The summed E-state index contributed by atoms with van der Waals surface area (Å²) in [6.45, 7) is 9.06. The van der Waals surface area contributed by atoms with Gasteiger partial charge in [0.15, 0.2) is 5.79 Å². The van der Waals surface area contributed by atoms with Crippen molar-refractivity contribution in [2.45, 2.75) is 46.3 Å². The molecule has 6 heteroatoms. The van der Waals surface area contributed by atoms with Crippen LogP contribution in [-0.2, 0) is 23.8 Å². The first kappa shape index (κ1) is 17.9. The molecule has 2 aliphatic rings. The zero-order valence-electron chi connectivity index (χ0n) is 14.6. The highest BCUT2D eigenvalue weighted by atomic mass is 16.7. The smallest absolute Gasteiger partial charge is 0.354 e. The van der Waals surface area contributed by atoms with Crippen LogP contribution in [0.25, 0.3) is 0 Å². The SMILES string of the molecule is COC(=O)/C(=C/C[C@@H]1C[C@@H](C2(C)OCCO2)C1(C)C)NC(C)=O. The van der Waals surface area contributed by atoms with E-state index in [1.54, 1.807) is 6.08 Å². The van der Waals surface area contributed by atoms with Crippen molar-refractivity contribution in [2.24, 2.45) is 17.3 Å². The number of allylic oxidation sites excluding steroid dienone is 1. The summed E-state index contributed by atoms with van der Waals surface area (Å²) in [6, 6.07) is 0. The number of nitrogens with one attached hydrogen (secondary N) is 1. The average Bonchev–Trinajstić information content (AvgIpc) is 2.90.